The molecule has 0 aliphatic heterocycles. The molecule has 0 bridgehead atoms. The average molecular weight is 290 g/mol. The number of furan rings is 1. The summed E-state index contributed by atoms with van der Waals surface area (Å²) < 4.78 is 20.4. The van der Waals surface area contributed by atoms with Crippen LogP contribution < -0.4 is 0 Å². The summed E-state index contributed by atoms with van der Waals surface area (Å²) in [6.07, 6.45) is 1.60. The first-order valence-electron chi connectivity index (χ1n) is 5.97. The molecule has 0 radical (unpaired) electrons. The van der Waals surface area contributed by atoms with Gasteiger partial charge in [0.1, 0.15) is 18.1 Å². The summed E-state index contributed by atoms with van der Waals surface area (Å²) in [6.45, 7) is 0.458. The highest BCUT2D eigenvalue weighted by Gasteiger charge is 2.10. The lowest BCUT2D eigenvalue weighted by Gasteiger charge is -2.03. The van der Waals surface area contributed by atoms with Crippen LogP contribution >= 0.6 is 11.8 Å². The molecule has 0 unspecified atom stereocenters. The fraction of sp³-hybridized carbons (Fsp3) is 0.154. The van der Waals surface area contributed by atoms with Crippen molar-refractivity contribution in [2.45, 2.75) is 17.5 Å². The molecule has 2 aromatic heterocycles. The highest BCUT2D eigenvalue weighted by molar-refractivity contribution is 7.98. The molecule has 7 heteroatoms. The van der Waals surface area contributed by atoms with Gasteiger partial charge in [-0.3, -0.25) is 0 Å². The minimum absolute atomic E-state index is 0.218. The Kier molecular flexibility index (Phi) is 3.78. The summed E-state index contributed by atoms with van der Waals surface area (Å²) in [5, 5.41) is 12.1. The van der Waals surface area contributed by atoms with Gasteiger partial charge in [-0.25, -0.2) is 9.07 Å². The van der Waals surface area contributed by atoms with E-state index in [4.69, 9.17) is 4.42 Å². The van der Waals surface area contributed by atoms with E-state index in [-0.39, 0.29) is 5.82 Å². The SMILES string of the molecule is Fc1ccccc1CSc1nnnn1Cc1ccco1. The summed E-state index contributed by atoms with van der Waals surface area (Å²) >= 11 is 1.39. The Labute approximate surface area is 118 Å². The van der Waals surface area contributed by atoms with Crippen LogP contribution in [0.5, 0.6) is 0 Å². The molecule has 0 atom stereocenters. The monoisotopic (exact) mass is 290 g/mol. The first-order chi connectivity index (χ1) is 9.83. The van der Waals surface area contributed by atoms with Gasteiger partial charge in [-0.1, -0.05) is 30.0 Å². The van der Waals surface area contributed by atoms with Crippen molar-refractivity contribution in [1.29, 1.82) is 0 Å². The summed E-state index contributed by atoms with van der Waals surface area (Å²) in [4.78, 5) is 0. The van der Waals surface area contributed by atoms with Gasteiger partial charge in [-0.05, 0) is 34.2 Å². The van der Waals surface area contributed by atoms with Crippen LogP contribution in [0.25, 0.3) is 0 Å². The molecule has 1 aromatic carbocycles. The summed E-state index contributed by atoms with van der Waals surface area (Å²) in [5.41, 5.74) is 0.630. The third-order valence-corrected chi connectivity index (χ3v) is 3.71. The van der Waals surface area contributed by atoms with E-state index in [0.29, 0.717) is 23.0 Å². The van der Waals surface area contributed by atoms with Gasteiger partial charge in [0, 0.05) is 5.75 Å². The van der Waals surface area contributed by atoms with Gasteiger partial charge in [0.2, 0.25) is 5.16 Å². The molecule has 0 fully saturated rings. The van der Waals surface area contributed by atoms with Crippen LogP contribution in [0.15, 0.2) is 52.2 Å². The molecule has 2 heterocycles. The summed E-state index contributed by atoms with van der Waals surface area (Å²) in [7, 11) is 0. The van der Waals surface area contributed by atoms with Crippen molar-refractivity contribution in [3.8, 4) is 0 Å². The zero-order valence-corrected chi connectivity index (χ0v) is 11.3. The van der Waals surface area contributed by atoms with E-state index in [1.54, 1.807) is 23.1 Å². The average Bonchev–Trinajstić information content (AvgIpc) is 3.10. The maximum atomic E-state index is 13.5. The van der Waals surface area contributed by atoms with Crippen molar-refractivity contribution < 1.29 is 8.81 Å². The van der Waals surface area contributed by atoms with Crippen molar-refractivity contribution in [1.82, 2.24) is 20.2 Å². The van der Waals surface area contributed by atoms with E-state index >= 15 is 0 Å². The lowest BCUT2D eigenvalue weighted by Crippen LogP contribution is -2.03. The van der Waals surface area contributed by atoms with Gasteiger partial charge in [0.15, 0.2) is 0 Å². The number of benzene rings is 1. The van der Waals surface area contributed by atoms with Crippen LogP contribution in [0.3, 0.4) is 0 Å². The van der Waals surface area contributed by atoms with Gasteiger partial charge in [-0.15, -0.1) is 5.10 Å². The number of tetrazole rings is 1. The Balaban J connectivity index is 1.69. The number of hydrogen-bond acceptors (Lipinski definition) is 5. The van der Waals surface area contributed by atoms with Crippen molar-refractivity contribution in [3.63, 3.8) is 0 Å². The van der Waals surface area contributed by atoms with Gasteiger partial charge in [0.05, 0.1) is 6.26 Å². The predicted octanol–water partition coefficient (Wildman–Crippen LogP) is 2.75. The highest BCUT2D eigenvalue weighted by Crippen LogP contribution is 2.22. The maximum absolute atomic E-state index is 13.5. The molecule has 0 N–H and O–H groups in total. The molecular formula is C13H11FN4OS. The normalized spacial score (nSPS) is 10.8. The molecule has 0 amide bonds. The van der Waals surface area contributed by atoms with Crippen LogP contribution in [0, 0.1) is 5.82 Å². The Hall–Kier alpha value is -2.15. The third-order valence-electron chi connectivity index (χ3n) is 2.70. The van der Waals surface area contributed by atoms with Gasteiger partial charge >= 0.3 is 0 Å². The Bertz CT molecular complexity index is 683. The molecule has 0 aliphatic rings. The fourth-order valence-electron chi connectivity index (χ4n) is 1.71. The fourth-order valence-corrected chi connectivity index (χ4v) is 2.57. The lowest BCUT2D eigenvalue weighted by atomic mass is 10.2. The number of aromatic nitrogens is 4. The second kappa shape index (κ2) is 5.87. The van der Waals surface area contributed by atoms with Crippen LogP contribution in [0.2, 0.25) is 0 Å². The zero-order valence-electron chi connectivity index (χ0n) is 10.4. The van der Waals surface area contributed by atoms with Crippen LogP contribution in [-0.2, 0) is 12.3 Å². The standard InChI is InChI=1S/C13H11FN4OS/c14-12-6-2-1-4-10(12)9-20-13-15-16-17-18(13)8-11-5-3-7-19-11/h1-7H,8-9H2. The quantitative estimate of drug-likeness (QED) is 0.676. The van der Waals surface area contributed by atoms with E-state index < -0.39 is 0 Å². The van der Waals surface area contributed by atoms with E-state index in [0.717, 1.165) is 5.76 Å². The maximum Gasteiger partial charge on any atom is 0.210 e. The minimum atomic E-state index is -0.218. The molecule has 3 aromatic rings. The number of hydrogen-bond donors (Lipinski definition) is 0. The first kappa shape index (κ1) is 12.9. The Morgan fingerprint density at radius 1 is 1.20 bits per heavy atom. The molecule has 20 heavy (non-hydrogen) atoms. The van der Waals surface area contributed by atoms with Gasteiger partial charge < -0.3 is 4.42 Å². The number of rotatable bonds is 5. The van der Waals surface area contributed by atoms with Crippen molar-refractivity contribution in [2.24, 2.45) is 0 Å². The number of halogens is 1. The second-order valence-electron chi connectivity index (χ2n) is 4.08. The van der Waals surface area contributed by atoms with Crippen molar-refractivity contribution in [3.05, 3.63) is 59.8 Å². The van der Waals surface area contributed by atoms with E-state index in [2.05, 4.69) is 15.5 Å². The lowest BCUT2D eigenvalue weighted by molar-refractivity contribution is 0.462. The topological polar surface area (TPSA) is 56.7 Å². The minimum Gasteiger partial charge on any atom is -0.467 e. The highest BCUT2D eigenvalue weighted by atomic mass is 32.2. The summed E-state index contributed by atoms with van der Waals surface area (Å²) in [6, 6.07) is 10.3. The number of nitrogens with zero attached hydrogens (tertiary/aromatic N) is 4. The smallest absolute Gasteiger partial charge is 0.210 e. The Morgan fingerprint density at radius 3 is 2.90 bits per heavy atom. The van der Waals surface area contributed by atoms with Gasteiger partial charge in [-0.2, -0.15) is 0 Å². The van der Waals surface area contributed by atoms with E-state index in [1.807, 2.05) is 18.2 Å². The molecule has 0 saturated carbocycles. The largest absolute Gasteiger partial charge is 0.467 e. The molecule has 0 aliphatic carbocycles. The molecule has 5 nitrogen and oxygen atoms in total. The second-order valence-corrected chi connectivity index (χ2v) is 5.02. The Morgan fingerprint density at radius 2 is 2.10 bits per heavy atom. The van der Waals surface area contributed by atoms with Crippen LogP contribution in [0.1, 0.15) is 11.3 Å². The molecule has 0 spiro atoms. The summed E-state index contributed by atoms with van der Waals surface area (Å²) in [5.74, 6) is 1.03. The molecule has 3 rings (SSSR count). The number of thioether (sulfide) groups is 1. The van der Waals surface area contributed by atoms with Crippen molar-refractivity contribution in [2.75, 3.05) is 0 Å². The third kappa shape index (κ3) is 2.88. The molecule has 0 saturated heterocycles. The predicted molar refractivity (Wildman–Crippen MR) is 71.6 cm³/mol. The van der Waals surface area contributed by atoms with Crippen molar-refractivity contribution >= 4 is 11.8 Å². The van der Waals surface area contributed by atoms with E-state index in [9.17, 15) is 4.39 Å². The zero-order chi connectivity index (χ0) is 13.8. The first-order valence-corrected chi connectivity index (χ1v) is 6.96. The van der Waals surface area contributed by atoms with E-state index in [1.165, 1.54) is 17.8 Å². The van der Waals surface area contributed by atoms with Gasteiger partial charge in [0.25, 0.3) is 0 Å². The molecule has 102 valence electrons. The van der Waals surface area contributed by atoms with Crippen LogP contribution in [-0.4, -0.2) is 20.2 Å². The molecular weight excluding hydrogens is 279 g/mol. The van der Waals surface area contributed by atoms with Crippen LogP contribution in [0.4, 0.5) is 4.39 Å².